The molecule has 12 heteroatoms. The van der Waals surface area contributed by atoms with Crippen LogP contribution in [0.5, 0.6) is 0 Å². The normalized spacial score (nSPS) is 18.6. The monoisotopic (exact) mass is 1030 g/mol. The Hall–Kier alpha value is -3.32. The van der Waals surface area contributed by atoms with E-state index in [0.717, 1.165) is 96.3 Å². The van der Waals surface area contributed by atoms with Crippen LogP contribution >= 0.6 is 0 Å². The number of carboxylic acids is 1. The van der Waals surface area contributed by atoms with E-state index in [1.807, 2.05) is 0 Å². The third kappa shape index (κ3) is 39.7. The lowest BCUT2D eigenvalue weighted by Crippen LogP contribution is -2.61. The quantitative estimate of drug-likeness (QED) is 0.0228. The molecule has 0 aromatic rings. The lowest BCUT2D eigenvalue weighted by molar-refractivity contribution is -0.301. The van der Waals surface area contributed by atoms with Crippen molar-refractivity contribution in [3.8, 4) is 0 Å². The Bertz CT molecular complexity index is 1460. The molecule has 1 heterocycles. The number of carbonyl (C=O) groups excluding carboxylic acids is 3. The van der Waals surface area contributed by atoms with Crippen molar-refractivity contribution in [3.05, 3.63) is 48.6 Å². The highest BCUT2D eigenvalue weighted by atomic mass is 16.7. The van der Waals surface area contributed by atoms with Crippen molar-refractivity contribution in [2.45, 2.75) is 302 Å². The summed E-state index contributed by atoms with van der Waals surface area (Å²) in [6.07, 6.45) is 46.5. The molecule has 0 aromatic carbocycles. The molecule has 3 N–H and O–H groups in total. The molecule has 0 spiro atoms. The van der Waals surface area contributed by atoms with E-state index in [2.05, 4.69) is 69.4 Å². The van der Waals surface area contributed by atoms with Gasteiger partial charge in [0.05, 0.1) is 6.61 Å². The molecule has 0 amide bonds. The van der Waals surface area contributed by atoms with Crippen LogP contribution in [0.25, 0.3) is 0 Å². The zero-order valence-electron chi connectivity index (χ0n) is 46.4. The molecular formula is C61H106O12. The van der Waals surface area contributed by atoms with Gasteiger partial charge in [-0.15, -0.1) is 0 Å². The number of carboxylic acid groups (broad SMARTS) is 1. The van der Waals surface area contributed by atoms with E-state index in [4.69, 9.17) is 23.7 Å². The highest BCUT2D eigenvalue weighted by Gasteiger charge is 2.50. The van der Waals surface area contributed by atoms with E-state index in [9.17, 15) is 34.5 Å². The van der Waals surface area contributed by atoms with Gasteiger partial charge in [-0.25, -0.2) is 4.79 Å². The molecular weight excluding hydrogens is 925 g/mol. The largest absolute Gasteiger partial charge is 0.479 e. The van der Waals surface area contributed by atoms with Gasteiger partial charge in [-0.1, -0.05) is 236 Å². The van der Waals surface area contributed by atoms with Crippen LogP contribution in [0.2, 0.25) is 0 Å². The second-order valence-electron chi connectivity index (χ2n) is 20.3. The summed E-state index contributed by atoms with van der Waals surface area (Å²) in [5, 5.41) is 31.4. The number of hydrogen-bond donors (Lipinski definition) is 3. The summed E-state index contributed by atoms with van der Waals surface area (Å²) < 4.78 is 28.4. The van der Waals surface area contributed by atoms with Crippen LogP contribution in [0, 0.1) is 0 Å². The van der Waals surface area contributed by atoms with Crippen LogP contribution < -0.4 is 0 Å². The number of aliphatic hydroxyl groups excluding tert-OH is 2. The van der Waals surface area contributed by atoms with Gasteiger partial charge in [0, 0.05) is 19.3 Å². The van der Waals surface area contributed by atoms with E-state index >= 15 is 0 Å². The number of carbonyl (C=O) groups is 4. The number of aliphatic hydroxyl groups is 2. The minimum Gasteiger partial charge on any atom is -0.479 e. The van der Waals surface area contributed by atoms with E-state index < -0.39 is 67.3 Å². The molecule has 0 saturated carbocycles. The van der Waals surface area contributed by atoms with Crippen molar-refractivity contribution in [1.29, 1.82) is 0 Å². The van der Waals surface area contributed by atoms with E-state index in [1.54, 1.807) is 0 Å². The van der Waals surface area contributed by atoms with Crippen molar-refractivity contribution < 1.29 is 58.2 Å². The lowest BCUT2D eigenvalue weighted by atomic mass is 9.98. The number of unbranched alkanes of at least 4 members (excludes halogenated alkanes) is 28. The first kappa shape index (κ1) is 67.7. The van der Waals surface area contributed by atoms with Gasteiger partial charge < -0.3 is 39.0 Å². The third-order valence-corrected chi connectivity index (χ3v) is 13.4. The van der Waals surface area contributed by atoms with Crippen molar-refractivity contribution in [1.82, 2.24) is 0 Å². The molecule has 1 rings (SSSR count). The minimum atomic E-state index is -1.90. The maximum Gasteiger partial charge on any atom is 0.335 e. The van der Waals surface area contributed by atoms with Gasteiger partial charge in [0.25, 0.3) is 0 Å². The fourth-order valence-electron chi connectivity index (χ4n) is 8.89. The molecule has 422 valence electrons. The van der Waals surface area contributed by atoms with Crippen LogP contribution in [0.15, 0.2) is 48.6 Å². The SMILES string of the molecule is CC/C=C\C/C=C\C/C=C\C/C=C\CCCCCCC(=O)OCC(COC1OC(C(=O)O)C(O)C(O)C1OC(=O)CCCCCCCCCCCCCCC)OC(=O)CCCCCCCCCCCCCCC. The summed E-state index contributed by atoms with van der Waals surface area (Å²) in [5.74, 6) is -3.13. The van der Waals surface area contributed by atoms with Crippen molar-refractivity contribution in [2.24, 2.45) is 0 Å². The Kier molecular flexibility index (Phi) is 45.9. The molecule has 1 saturated heterocycles. The van der Waals surface area contributed by atoms with Gasteiger partial charge >= 0.3 is 23.9 Å². The summed E-state index contributed by atoms with van der Waals surface area (Å²) in [6, 6.07) is 0. The first-order chi connectivity index (χ1) is 35.6. The fraction of sp³-hybridized carbons (Fsp3) is 0.803. The molecule has 1 fully saturated rings. The highest BCUT2D eigenvalue weighted by Crippen LogP contribution is 2.26. The number of ether oxygens (including phenoxy) is 5. The van der Waals surface area contributed by atoms with Crippen molar-refractivity contribution in [2.75, 3.05) is 13.2 Å². The summed E-state index contributed by atoms with van der Waals surface area (Å²) in [4.78, 5) is 51.1. The topological polar surface area (TPSA) is 175 Å². The average molecular weight is 1030 g/mol. The second kappa shape index (κ2) is 49.6. The van der Waals surface area contributed by atoms with Gasteiger partial charge in [-0.3, -0.25) is 14.4 Å². The molecule has 12 nitrogen and oxygen atoms in total. The molecule has 6 unspecified atom stereocenters. The number of rotatable bonds is 50. The summed E-state index contributed by atoms with van der Waals surface area (Å²) in [6.45, 7) is 5.87. The van der Waals surface area contributed by atoms with Crippen LogP contribution in [-0.2, 0) is 42.9 Å². The van der Waals surface area contributed by atoms with Gasteiger partial charge in [-0.05, 0) is 57.8 Å². The highest BCUT2D eigenvalue weighted by molar-refractivity contribution is 5.74. The van der Waals surface area contributed by atoms with Gasteiger partial charge in [0.1, 0.15) is 18.8 Å². The molecule has 73 heavy (non-hydrogen) atoms. The predicted molar refractivity (Wildman–Crippen MR) is 294 cm³/mol. The van der Waals surface area contributed by atoms with E-state index in [1.165, 1.54) is 109 Å². The molecule has 0 bridgehead atoms. The summed E-state index contributed by atoms with van der Waals surface area (Å²) >= 11 is 0. The first-order valence-corrected chi connectivity index (χ1v) is 29.6. The third-order valence-electron chi connectivity index (χ3n) is 13.4. The van der Waals surface area contributed by atoms with Gasteiger partial charge in [0.15, 0.2) is 24.6 Å². The van der Waals surface area contributed by atoms with Gasteiger partial charge in [-0.2, -0.15) is 0 Å². The molecule has 0 aliphatic carbocycles. The zero-order chi connectivity index (χ0) is 53.3. The van der Waals surface area contributed by atoms with E-state index in [0.29, 0.717) is 19.3 Å². The Morgan fingerprint density at radius 1 is 0.466 bits per heavy atom. The average Bonchev–Trinajstić information content (AvgIpc) is 3.37. The van der Waals surface area contributed by atoms with Crippen LogP contribution in [0.4, 0.5) is 0 Å². The lowest BCUT2D eigenvalue weighted by Gasteiger charge is -2.40. The van der Waals surface area contributed by atoms with Crippen LogP contribution in [0.3, 0.4) is 0 Å². The molecule has 1 aliphatic rings. The minimum absolute atomic E-state index is 0.0623. The van der Waals surface area contributed by atoms with Crippen molar-refractivity contribution in [3.63, 3.8) is 0 Å². The smallest absolute Gasteiger partial charge is 0.335 e. The first-order valence-electron chi connectivity index (χ1n) is 29.6. The maximum atomic E-state index is 13.1. The van der Waals surface area contributed by atoms with Crippen LogP contribution in [0.1, 0.15) is 265 Å². The number of allylic oxidation sites excluding steroid dienone is 8. The zero-order valence-corrected chi connectivity index (χ0v) is 46.4. The van der Waals surface area contributed by atoms with E-state index in [-0.39, 0.29) is 25.9 Å². The summed E-state index contributed by atoms with van der Waals surface area (Å²) in [5.41, 5.74) is 0. The number of hydrogen-bond acceptors (Lipinski definition) is 11. The fourth-order valence-corrected chi connectivity index (χ4v) is 8.89. The number of esters is 3. The van der Waals surface area contributed by atoms with Crippen LogP contribution in [-0.4, -0.2) is 89.2 Å². The molecule has 0 aromatic heterocycles. The Labute approximate surface area is 443 Å². The molecule has 1 aliphatic heterocycles. The Morgan fingerprint density at radius 2 is 0.863 bits per heavy atom. The number of aliphatic carboxylic acids is 1. The Morgan fingerprint density at radius 3 is 1.32 bits per heavy atom. The second-order valence-corrected chi connectivity index (χ2v) is 20.3. The molecule has 6 atom stereocenters. The maximum absolute atomic E-state index is 13.1. The Balaban J connectivity index is 2.70. The van der Waals surface area contributed by atoms with Crippen molar-refractivity contribution >= 4 is 23.9 Å². The molecule has 0 radical (unpaired) electrons. The summed E-state index contributed by atoms with van der Waals surface area (Å²) in [7, 11) is 0. The standard InChI is InChI=1S/C61H106O12/c1-4-7-10-13-16-19-22-25-26-27-28-31-32-35-38-41-44-47-53(62)69-50-52(71-54(63)48-45-42-39-36-33-29-23-20-17-14-11-8-5-2)51-70-61-59(57(66)56(65)58(73-61)60(67)68)72-55(64)49-46-43-40-37-34-30-24-21-18-15-12-9-6-3/h7,10,16,19,25-26,28,31,52,56-59,61,65-66H,4-6,8-9,11-15,17-18,20-24,27,29-30,32-51H2,1-3H3,(H,67,68)/b10-7-,19-16-,26-25-,31-28-. The van der Waals surface area contributed by atoms with Gasteiger partial charge in [0.2, 0.25) is 0 Å². The predicted octanol–water partition coefficient (Wildman–Crippen LogP) is 15.0.